The minimum atomic E-state index is -0.211. The number of hydrogen-bond donors (Lipinski definition) is 2. The predicted molar refractivity (Wildman–Crippen MR) is 118 cm³/mol. The maximum Gasteiger partial charge on any atom is 0.241 e. The Morgan fingerprint density at radius 3 is 2.10 bits per heavy atom. The van der Waals surface area contributed by atoms with Gasteiger partial charge in [-0.3, -0.25) is 9.48 Å². The number of amides is 1. The average molecular weight is 399 g/mol. The number of phenolic OH excluding ortho intramolecular Hbond substituents is 1. The molecule has 0 aliphatic carbocycles. The van der Waals surface area contributed by atoms with Gasteiger partial charge in [-0.2, -0.15) is 10.2 Å². The van der Waals surface area contributed by atoms with Gasteiger partial charge in [0.15, 0.2) is 0 Å². The summed E-state index contributed by atoms with van der Waals surface area (Å²) in [6, 6.07) is 5.84. The topological polar surface area (TPSA) is 79.5 Å². The predicted octanol–water partition coefficient (Wildman–Crippen LogP) is 4.34. The highest BCUT2D eigenvalue weighted by atomic mass is 16.3. The number of carbonyl (C=O) groups excluding carboxylic acids is 1. The zero-order chi connectivity index (χ0) is 22.0. The van der Waals surface area contributed by atoms with Crippen LogP contribution >= 0.6 is 0 Å². The summed E-state index contributed by atoms with van der Waals surface area (Å²) < 4.78 is 1.82. The minimum absolute atomic E-state index is 0.167. The van der Waals surface area contributed by atoms with Crippen LogP contribution in [0.4, 0.5) is 0 Å². The number of nitrogens with one attached hydrogen (secondary N) is 1. The number of carbonyl (C=O) groups is 1. The van der Waals surface area contributed by atoms with Crippen LogP contribution in [0.15, 0.2) is 23.3 Å². The lowest BCUT2D eigenvalue weighted by atomic mass is 9.78. The second-order valence-corrected chi connectivity index (χ2v) is 9.66. The van der Waals surface area contributed by atoms with Gasteiger partial charge < -0.3 is 5.11 Å². The number of aryl methyl sites for hydroxylation is 3. The van der Waals surface area contributed by atoms with Crippen molar-refractivity contribution in [2.24, 2.45) is 5.10 Å². The molecule has 1 aromatic carbocycles. The molecular formula is C23H34N4O2. The molecule has 2 rings (SSSR count). The number of hydrogen-bond acceptors (Lipinski definition) is 4. The Hall–Kier alpha value is -2.63. The number of aromatic hydroxyl groups is 1. The van der Waals surface area contributed by atoms with E-state index in [9.17, 15) is 9.90 Å². The second-order valence-electron chi connectivity index (χ2n) is 9.66. The van der Waals surface area contributed by atoms with Crippen molar-refractivity contribution in [2.75, 3.05) is 0 Å². The van der Waals surface area contributed by atoms with Crippen LogP contribution in [0.1, 0.15) is 76.0 Å². The van der Waals surface area contributed by atoms with E-state index in [-0.39, 0.29) is 16.7 Å². The van der Waals surface area contributed by atoms with Crippen LogP contribution in [0.2, 0.25) is 0 Å². The monoisotopic (exact) mass is 398 g/mol. The normalized spacial score (nSPS) is 12.6. The maximum atomic E-state index is 12.1. The first-order valence-electron chi connectivity index (χ1n) is 10.00. The molecule has 158 valence electrons. The van der Waals surface area contributed by atoms with E-state index in [2.05, 4.69) is 57.2 Å². The standard InChI is InChI=1S/C23H34N4O2/c1-15-11-16(2)27(26-15)10-9-20(28)25-24-14-17-12-18(22(3,4)5)21(29)19(13-17)23(6,7)8/h11-14,29H,9-10H2,1-8H3,(H,25,28)/b24-14-. The van der Waals surface area contributed by atoms with Gasteiger partial charge in [-0.05, 0) is 48.4 Å². The summed E-state index contributed by atoms with van der Waals surface area (Å²) in [5.74, 6) is 0.163. The fraction of sp³-hybridized carbons (Fsp3) is 0.522. The number of rotatable bonds is 5. The maximum absolute atomic E-state index is 12.1. The summed E-state index contributed by atoms with van der Waals surface area (Å²) in [5, 5.41) is 19.3. The highest BCUT2D eigenvalue weighted by Crippen LogP contribution is 2.39. The zero-order valence-corrected chi connectivity index (χ0v) is 18.9. The molecule has 29 heavy (non-hydrogen) atoms. The molecule has 2 aromatic rings. The number of hydrazone groups is 1. The Morgan fingerprint density at radius 2 is 1.66 bits per heavy atom. The molecule has 1 heterocycles. The largest absolute Gasteiger partial charge is 0.507 e. The van der Waals surface area contributed by atoms with Gasteiger partial charge in [-0.25, -0.2) is 5.43 Å². The van der Waals surface area contributed by atoms with Crippen molar-refractivity contribution >= 4 is 12.1 Å². The molecule has 0 radical (unpaired) electrons. The highest BCUT2D eigenvalue weighted by Gasteiger charge is 2.26. The Labute approximate surface area is 174 Å². The van der Waals surface area contributed by atoms with Crippen molar-refractivity contribution < 1.29 is 9.90 Å². The summed E-state index contributed by atoms with van der Waals surface area (Å²) in [5.41, 5.74) is 6.71. The zero-order valence-electron chi connectivity index (χ0n) is 18.9. The molecule has 0 spiro atoms. The Balaban J connectivity index is 2.13. The first-order valence-corrected chi connectivity index (χ1v) is 10.00. The lowest BCUT2D eigenvalue weighted by Crippen LogP contribution is -2.20. The first kappa shape index (κ1) is 22.7. The van der Waals surface area contributed by atoms with Gasteiger partial charge in [0, 0.05) is 23.2 Å². The number of benzene rings is 1. The van der Waals surface area contributed by atoms with Gasteiger partial charge in [-0.15, -0.1) is 0 Å². The lowest BCUT2D eigenvalue weighted by molar-refractivity contribution is -0.121. The summed E-state index contributed by atoms with van der Waals surface area (Å²) >= 11 is 0. The van der Waals surface area contributed by atoms with E-state index in [1.165, 1.54) is 0 Å². The molecule has 6 heteroatoms. The van der Waals surface area contributed by atoms with Crippen LogP contribution < -0.4 is 5.43 Å². The third-order valence-electron chi connectivity index (χ3n) is 4.81. The number of phenols is 1. The van der Waals surface area contributed by atoms with Crippen LogP contribution in [-0.4, -0.2) is 27.0 Å². The molecule has 1 aromatic heterocycles. The third-order valence-corrected chi connectivity index (χ3v) is 4.81. The van der Waals surface area contributed by atoms with E-state index in [4.69, 9.17) is 0 Å². The number of aromatic nitrogens is 2. The van der Waals surface area contributed by atoms with Crippen molar-refractivity contribution in [1.29, 1.82) is 0 Å². The molecule has 1 amide bonds. The summed E-state index contributed by atoms with van der Waals surface area (Å²) in [7, 11) is 0. The highest BCUT2D eigenvalue weighted by molar-refractivity contribution is 5.83. The SMILES string of the molecule is Cc1cc(C)n(CCC(=O)N/N=C\c2cc(C(C)(C)C)c(O)c(C(C)(C)C)c2)n1. The molecule has 0 bridgehead atoms. The Morgan fingerprint density at radius 1 is 1.10 bits per heavy atom. The molecule has 0 saturated heterocycles. The Bertz CT molecular complexity index is 877. The smallest absolute Gasteiger partial charge is 0.241 e. The van der Waals surface area contributed by atoms with Crippen LogP contribution in [0.3, 0.4) is 0 Å². The van der Waals surface area contributed by atoms with Crippen molar-refractivity contribution in [3.63, 3.8) is 0 Å². The second kappa shape index (κ2) is 8.39. The van der Waals surface area contributed by atoms with Crippen molar-refractivity contribution in [3.05, 3.63) is 46.3 Å². The first-order chi connectivity index (χ1) is 13.3. The molecule has 0 aliphatic rings. The van der Waals surface area contributed by atoms with E-state index in [0.717, 1.165) is 28.1 Å². The van der Waals surface area contributed by atoms with Crippen LogP contribution in [0.5, 0.6) is 5.75 Å². The van der Waals surface area contributed by atoms with Crippen molar-refractivity contribution in [1.82, 2.24) is 15.2 Å². The molecule has 2 N–H and O–H groups in total. The molecule has 0 unspecified atom stereocenters. The van der Waals surface area contributed by atoms with E-state index in [1.807, 2.05) is 36.7 Å². The molecule has 0 aliphatic heterocycles. The van der Waals surface area contributed by atoms with Gasteiger partial charge in [0.2, 0.25) is 5.91 Å². The third kappa shape index (κ3) is 5.92. The lowest BCUT2D eigenvalue weighted by Gasteiger charge is -2.27. The minimum Gasteiger partial charge on any atom is -0.507 e. The molecule has 0 saturated carbocycles. The number of nitrogens with zero attached hydrogens (tertiary/aromatic N) is 3. The van der Waals surface area contributed by atoms with E-state index in [0.29, 0.717) is 18.7 Å². The van der Waals surface area contributed by atoms with Crippen LogP contribution in [0, 0.1) is 13.8 Å². The van der Waals surface area contributed by atoms with Gasteiger partial charge in [0.05, 0.1) is 18.5 Å². The summed E-state index contributed by atoms with van der Waals surface area (Å²) in [6.07, 6.45) is 1.93. The average Bonchev–Trinajstić information content (AvgIpc) is 2.89. The molecule has 6 nitrogen and oxygen atoms in total. The summed E-state index contributed by atoms with van der Waals surface area (Å²) in [6.45, 7) is 16.8. The van der Waals surface area contributed by atoms with Crippen LogP contribution in [0.25, 0.3) is 0 Å². The fourth-order valence-corrected chi connectivity index (χ4v) is 3.22. The van der Waals surface area contributed by atoms with Crippen molar-refractivity contribution in [2.45, 2.75) is 79.2 Å². The van der Waals surface area contributed by atoms with E-state index in [1.54, 1.807) is 6.21 Å². The van der Waals surface area contributed by atoms with Crippen molar-refractivity contribution in [3.8, 4) is 5.75 Å². The van der Waals surface area contributed by atoms with E-state index >= 15 is 0 Å². The van der Waals surface area contributed by atoms with Gasteiger partial charge in [0.25, 0.3) is 0 Å². The molecule has 0 atom stereocenters. The molecule has 0 fully saturated rings. The van der Waals surface area contributed by atoms with Gasteiger partial charge >= 0.3 is 0 Å². The fourth-order valence-electron chi connectivity index (χ4n) is 3.22. The quantitative estimate of drug-likeness (QED) is 0.581. The van der Waals surface area contributed by atoms with E-state index < -0.39 is 0 Å². The Kier molecular flexibility index (Phi) is 6.56. The molecular weight excluding hydrogens is 364 g/mol. The van der Waals surface area contributed by atoms with Gasteiger partial charge in [0.1, 0.15) is 5.75 Å². The van der Waals surface area contributed by atoms with Crippen LogP contribution in [-0.2, 0) is 22.2 Å². The van der Waals surface area contributed by atoms with Gasteiger partial charge in [-0.1, -0.05) is 41.5 Å². The summed E-state index contributed by atoms with van der Waals surface area (Å²) in [4.78, 5) is 12.1.